The molecule has 3 rings (SSSR count). The summed E-state index contributed by atoms with van der Waals surface area (Å²) >= 11 is 1.71. The highest BCUT2D eigenvalue weighted by Crippen LogP contribution is 2.44. The Kier molecular flexibility index (Phi) is 3.87. The third-order valence-corrected chi connectivity index (χ3v) is 6.17. The van der Waals surface area contributed by atoms with Crippen LogP contribution < -0.4 is 5.32 Å². The van der Waals surface area contributed by atoms with Gasteiger partial charge in [0.05, 0.1) is 6.10 Å². The number of amides is 1. The van der Waals surface area contributed by atoms with Crippen molar-refractivity contribution in [1.82, 2.24) is 5.32 Å². The van der Waals surface area contributed by atoms with Crippen LogP contribution in [-0.4, -0.2) is 17.6 Å². The molecule has 2 aliphatic rings. The van der Waals surface area contributed by atoms with Crippen LogP contribution in [-0.2, 0) is 10.2 Å². The molecule has 0 unspecified atom stereocenters. The summed E-state index contributed by atoms with van der Waals surface area (Å²) in [6.07, 6.45) is 6.50. The van der Waals surface area contributed by atoms with Gasteiger partial charge in [0.2, 0.25) is 5.91 Å². The van der Waals surface area contributed by atoms with E-state index in [4.69, 9.17) is 0 Å². The highest BCUT2D eigenvalue weighted by molar-refractivity contribution is 7.12. The molecule has 0 aliphatic heterocycles. The Labute approximate surface area is 124 Å². The van der Waals surface area contributed by atoms with Crippen molar-refractivity contribution >= 4 is 17.2 Å². The number of hydrogen-bond donors (Lipinski definition) is 2. The highest BCUT2D eigenvalue weighted by atomic mass is 32.1. The van der Waals surface area contributed by atoms with Gasteiger partial charge in [-0.15, -0.1) is 11.3 Å². The van der Waals surface area contributed by atoms with E-state index < -0.39 is 6.10 Å². The number of aliphatic hydroxyl groups is 1. The first kappa shape index (κ1) is 14.1. The number of carbonyl (C=O) groups is 1. The summed E-state index contributed by atoms with van der Waals surface area (Å²) < 4.78 is 0. The SMILES string of the molecule is C[C@@H](O)c1ccc(C2(CNC(=O)C3CC3)CCCC2)s1. The Morgan fingerprint density at radius 2 is 2.15 bits per heavy atom. The van der Waals surface area contributed by atoms with Crippen molar-refractivity contribution in [2.24, 2.45) is 5.92 Å². The minimum atomic E-state index is -0.395. The van der Waals surface area contributed by atoms with Gasteiger partial charge >= 0.3 is 0 Å². The molecule has 1 atom stereocenters. The largest absolute Gasteiger partial charge is 0.388 e. The van der Waals surface area contributed by atoms with Crippen LogP contribution in [0.25, 0.3) is 0 Å². The molecule has 4 heteroatoms. The van der Waals surface area contributed by atoms with Gasteiger partial charge in [-0.05, 0) is 44.7 Å². The van der Waals surface area contributed by atoms with E-state index in [9.17, 15) is 9.90 Å². The van der Waals surface area contributed by atoms with Gasteiger partial charge in [0, 0.05) is 27.6 Å². The summed E-state index contributed by atoms with van der Waals surface area (Å²) in [6, 6.07) is 4.19. The summed E-state index contributed by atoms with van der Waals surface area (Å²) in [5.74, 6) is 0.522. The quantitative estimate of drug-likeness (QED) is 0.876. The maximum absolute atomic E-state index is 11.9. The molecule has 20 heavy (non-hydrogen) atoms. The molecule has 0 saturated heterocycles. The van der Waals surface area contributed by atoms with Crippen LogP contribution in [0.4, 0.5) is 0 Å². The van der Waals surface area contributed by atoms with Crippen LogP contribution in [0.3, 0.4) is 0 Å². The third kappa shape index (κ3) is 2.77. The fourth-order valence-corrected chi connectivity index (χ4v) is 4.36. The summed E-state index contributed by atoms with van der Waals surface area (Å²) in [7, 11) is 0. The fourth-order valence-electron chi connectivity index (χ4n) is 3.17. The maximum Gasteiger partial charge on any atom is 0.223 e. The Balaban J connectivity index is 1.73. The van der Waals surface area contributed by atoms with Crippen molar-refractivity contribution in [1.29, 1.82) is 0 Å². The van der Waals surface area contributed by atoms with E-state index in [0.717, 1.165) is 37.1 Å². The van der Waals surface area contributed by atoms with Crippen molar-refractivity contribution in [3.63, 3.8) is 0 Å². The summed E-state index contributed by atoms with van der Waals surface area (Å²) in [4.78, 5) is 14.3. The van der Waals surface area contributed by atoms with Gasteiger partial charge in [0.1, 0.15) is 0 Å². The van der Waals surface area contributed by atoms with E-state index in [1.54, 1.807) is 11.3 Å². The van der Waals surface area contributed by atoms with Crippen molar-refractivity contribution < 1.29 is 9.90 Å². The molecule has 2 aliphatic carbocycles. The zero-order valence-corrected chi connectivity index (χ0v) is 12.8. The minimum Gasteiger partial charge on any atom is -0.388 e. The van der Waals surface area contributed by atoms with Crippen LogP contribution in [0.2, 0.25) is 0 Å². The molecule has 0 spiro atoms. The van der Waals surface area contributed by atoms with E-state index in [1.165, 1.54) is 17.7 Å². The standard InChI is InChI=1S/C16H23NO2S/c1-11(18)13-6-7-14(20-13)16(8-2-3-9-16)10-17-15(19)12-4-5-12/h6-7,11-12,18H,2-5,8-10H2,1H3,(H,17,19)/t11-/m1/s1. The van der Waals surface area contributed by atoms with Crippen LogP contribution in [0.1, 0.15) is 61.3 Å². The van der Waals surface area contributed by atoms with E-state index >= 15 is 0 Å². The second-order valence-electron chi connectivity index (χ2n) is 6.36. The molecule has 110 valence electrons. The van der Waals surface area contributed by atoms with Crippen LogP contribution >= 0.6 is 11.3 Å². The van der Waals surface area contributed by atoms with E-state index in [2.05, 4.69) is 11.4 Å². The second kappa shape index (κ2) is 5.49. The molecule has 1 amide bonds. The van der Waals surface area contributed by atoms with Crippen LogP contribution in [0.15, 0.2) is 12.1 Å². The van der Waals surface area contributed by atoms with Crippen LogP contribution in [0, 0.1) is 5.92 Å². The molecule has 1 aromatic rings. The molecular weight excluding hydrogens is 270 g/mol. The molecule has 2 N–H and O–H groups in total. The third-order valence-electron chi connectivity index (χ3n) is 4.67. The number of thiophene rings is 1. The smallest absolute Gasteiger partial charge is 0.223 e. The number of rotatable bonds is 5. The zero-order valence-electron chi connectivity index (χ0n) is 12.0. The van der Waals surface area contributed by atoms with Gasteiger partial charge < -0.3 is 10.4 Å². The molecular formula is C16H23NO2S. The molecule has 3 nitrogen and oxygen atoms in total. The van der Waals surface area contributed by atoms with E-state index in [-0.39, 0.29) is 17.2 Å². The molecule has 1 aromatic heterocycles. The number of nitrogens with one attached hydrogen (secondary N) is 1. The van der Waals surface area contributed by atoms with Crippen molar-refractivity contribution in [3.8, 4) is 0 Å². The number of aliphatic hydroxyl groups excluding tert-OH is 1. The number of carbonyl (C=O) groups excluding carboxylic acids is 1. The molecule has 2 fully saturated rings. The van der Waals surface area contributed by atoms with Crippen molar-refractivity contribution in [2.75, 3.05) is 6.54 Å². The monoisotopic (exact) mass is 293 g/mol. The van der Waals surface area contributed by atoms with Gasteiger partial charge in [-0.25, -0.2) is 0 Å². The van der Waals surface area contributed by atoms with Gasteiger partial charge in [0.25, 0.3) is 0 Å². The number of hydrogen-bond acceptors (Lipinski definition) is 3. The lowest BCUT2D eigenvalue weighted by atomic mass is 9.84. The first-order valence-electron chi connectivity index (χ1n) is 7.67. The van der Waals surface area contributed by atoms with Crippen molar-refractivity contribution in [2.45, 2.75) is 57.0 Å². The summed E-state index contributed by atoms with van der Waals surface area (Å²) in [6.45, 7) is 2.58. The van der Waals surface area contributed by atoms with E-state index in [1.807, 2.05) is 13.0 Å². The Bertz CT molecular complexity index is 484. The average Bonchev–Trinajstić information content (AvgIpc) is 2.97. The lowest BCUT2D eigenvalue weighted by Crippen LogP contribution is -2.39. The predicted molar refractivity (Wildman–Crippen MR) is 80.8 cm³/mol. The molecule has 0 radical (unpaired) electrons. The molecule has 0 bridgehead atoms. The maximum atomic E-state index is 11.9. The first-order chi connectivity index (χ1) is 9.61. The Hall–Kier alpha value is -0.870. The van der Waals surface area contributed by atoms with Gasteiger partial charge in [0.15, 0.2) is 0 Å². The van der Waals surface area contributed by atoms with Crippen LogP contribution in [0.5, 0.6) is 0 Å². The van der Waals surface area contributed by atoms with E-state index in [0.29, 0.717) is 0 Å². The second-order valence-corrected chi connectivity index (χ2v) is 7.47. The molecule has 1 heterocycles. The van der Waals surface area contributed by atoms with Gasteiger partial charge in [-0.3, -0.25) is 4.79 Å². The molecule has 2 saturated carbocycles. The lowest BCUT2D eigenvalue weighted by Gasteiger charge is -2.28. The first-order valence-corrected chi connectivity index (χ1v) is 8.48. The zero-order chi connectivity index (χ0) is 14.2. The summed E-state index contributed by atoms with van der Waals surface area (Å²) in [5, 5.41) is 12.9. The van der Waals surface area contributed by atoms with Gasteiger partial charge in [-0.1, -0.05) is 12.8 Å². The Morgan fingerprint density at radius 1 is 1.45 bits per heavy atom. The molecule has 0 aromatic carbocycles. The lowest BCUT2D eigenvalue weighted by molar-refractivity contribution is -0.122. The summed E-state index contributed by atoms with van der Waals surface area (Å²) in [5.41, 5.74) is 0.113. The fraction of sp³-hybridized carbons (Fsp3) is 0.688. The predicted octanol–water partition coefficient (Wildman–Crippen LogP) is 3.14. The average molecular weight is 293 g/mol. The topological polar surface area (TPSA) is 49.3 Å². The minimum absolute atomic E-state index is 0.113. The van der Waals surface area contributed by atoms with Gasteiger partial charge in [-0.2, -0.15) is 0 Å². The highest BCUT2D eigenvalue weighted by Gasteiger charge is 2.38. The van der Waals surface area contributed by atoms with Crippen molar-refractivity contribution in [3.05, 3.63) is 21.9 Å². The normalized spacial score (nSPS) is 22.7. The Morgan fingerprint density at radius 3 is 2.70 bits per heavy atom.